The lowest BCUT2D eigenvalue weighted by Gasteiger charge is -2.14. The second-order valence-electron chi connectivity index (χ2n) is 9.05. The Morgan fingerprint density at radius 1 is 1.10 bits per heavy atom. The molecule has 0 bridgehead atoms. The van der Waals surface area contributed by atoms with Gasteiger partial charge in [-0.25, -0.2) is 19.6 Å². The average molecular weight is 540 g/mol. The van der Waals surface area contributed by atoms with Gasteiger partial charge in [0.2, 0.25) is 0 Å². The molecule has 1 fully saturated rings. The molecule has 0 spiro atoms. The molecule has 0 aliphatic carbocycles. The van der Waals surface area contributed by atoms with Crippen LogP contribution in [-0.2, 0) is 16.1 Å². The predicted molar refractivity (Wildman–Crippen MR) is 145 cm³/mol. The van der Waals surface area contributed by atoms with E-state index in [9.17, 15) is 19.2 Å². The number of rotatable bonds is 5. The number of nitrogens with one attached hydrogen (secondary N) is 1. The van der Waals surface area contributed by atoms with Gasteiger partial charge >= 0.3 is 11.8 Å². The normalized spacial score (nSPS) is 14.4. The van der Waals surface area contributed by atoms with E-state index in [0.29, 0.717) is 36.4 Å². The molecule has 3 N–H and O–H groups in total. The lowest BCUT2D eigenvalue weighted by molar-refractivity contribution is -0.124. The number of aromatic nitrogens is 4. The maximum Gasteiger partial charge on any atom is 0.414 e. The molecule has 3 heterocycles. The molecular weight excluding hydrogens is 514 g/mol. The summed E-state index contributed by atoms with van der Waals surface area (Å²) in [6.07, 6.45) is 0.943. The second-order valence-corrected chi connectivity index (χ2v) is 9.05. The van der Waals surface area contributed by atoms with Gasteiger partial charge in [-0.2, -0.15) is 0 Å². The molecule has 1 aliphatic heterocycles. The second kappa shape index (κ2) is 11.1. The number of hydrogen-bond acceptors (Lipinski definition) is 8. The number of nitrogens with two attached hydrogens (primary N) is 1. The Morgan fingerprint density at radius 2 is 1.85 bits per heavy atom. The number of anilines is 1. The van der Waals surface area contributed by atoms with Gasteiger partial charge in [0.05, 0.1) is 11.7 Å². The van der Waals surface area contributed by atoms with E-state index in [1.165, 1.54) is 27.6 Å². The monoisotopic (exact) mass is 539 g/mol. The quantitative estimate of drug-likeness (QED) is 0.365. The highest BCUT2D eigenvalue weighted by molar-refractivity contribution is 6.03. The average Bonchev–Trinajstić information content (AvgIpc) is 3.55. The number of carbonyl (C=O) groups excluding carboxylic acids is 3. The summed E-state index contributed by atoms with van der Waals surface area (Å²) in [7, 11) is 0. The third-order valence-corrected chi connectivity index (χ3v) is 6.54. The molecule has 0 saturated carbocycles. The van der Waals surface area contributed by atoms with Crippen LogP contribution in [0.5, 0.6) is 0 Å². The van der Waals surface area contributed by atoms with Crippen LogP contribution in [0.15, 0.2) is 65.7 Å². The van der Waals surface area contributed by atoms with Crippen LogP contribution in [0.1, 0.15) is 35.3 Å². The number of hydrogen-bond donors (Lipinski definition) is 2. The van der Waals surface area contributed by atoms with Crippen LogP contribution in [0.4, 0.5) is 10.6 Å². The molecular formula is C28H25N7O5. The third kappa shape index (κ3) is 5.12. The summed E-state index contributed by atoms with van der Waals surface area (Å²) in [4.78, 5) is 60.6. The van der Waals surface area contributed by atoms with Crippen molar-refractivity contribution in [1.29, 1.82) is 0 Å². The molecule has 12 heteroatoms. The number of fused-ring (bicyclic) bond motifs is 1. The Hall–Kier alpha value is -5.44. The number of alkyl carbamates (subject to hydrolysis) is 1. The van der Waals surface area contributed by atoms with Crippen molar-refractivity contribution in [2.75, 3.05) is 18.8 Å². The fourth-order valence-corrected chi connectivity index (χ4v) is 4.65. The smallest absolute Gasteiger partial charge is 0.414 e. The molecule has 2 aromatic heterocycles. The third-order valence-electron chi connectivity index (χ3n) is 6.54. The predicted octanol–water partition coefficient (Wildman–Crippen LogP) is 2.03. The maximum absolute atomic E-state index is 13.7. The number of ether oxygens (including phenoxy) is 1. The van der Waals surface area contributed by atoms with Gasteiger partial charge in [-0.05, 0) is 49.1 Å². The number of benzene rings is 2. The number of imidazole rings is 1. The number of likely N-dealkylation sites (tertiary alicyclic amines) is 1. The largest absolute Gasteiger partial charge is 0.444 e. The van der Waals surface area contributed by atoms with E-state index in [1.54, 1.807) is 36.1 Å². The topological polar surface area (TPSA) is 154 Å². The SMILES string of the molecule is CC#CC(=O)N1CCC(n2c(=O)n(-c3ccc(C(=O)NC(=O)OCc4ccccc4)cc3)c3c(N)ncnc32)C1. The first-order chi connectivity index (χ1) is 19.4. The zero-order valence-corrected chi connectivity index (χ0v) is 21.5. The van der Waals surface area contributed by atoms with E-state index in [4.69, 9.17) is 10.5 Å². The number of carbonyl (C=O) groups is 3. The molecule has 1 saturated heterocycles. The molecule has 40 heavy (non-hydrogen) atoms. The van der Waals surface area contributed by atoms with E-state index in [2.05, 4.69) is 27.1 Å². The van der Waals surface area contributed by atoms with E-state index >= 15 is 0 Å². The lowest BCUT2D eigenvalue weighted by atomic mass is 10.2. The van der Waals surface area contributed by atoms with E-state index in [0.717, 1.165) is 5.56 Å². The first-order valence-electron chi connectivity index (χ1n) is 12.4. The van der Waals surface area contributed by atoms with Crippen molar-refractivity contribution in [2.45, 2.75) is 26.0 Å². The number of imide groups is 1. The molecule has 202 valence electrons. The zero-order chi connectivity index (χ0) is 28.2. The van der Waals surface area contributed by atoms with Gasteiger partial charge in [0, 0.05) is 18.7 Å². The van der Waals surface area contributed by atoms with Crippen molar-refractivity contribution in [3.63, 3.8) is 0 Å². The highest BCUT2D eigenvalue weighted by Crippen LogP contribution is 2.27. The summed E-state index contributed by atoms with van der Waals surface area (Å²) in [6, 6.07) is 14.8. The van der Waals surface area contributed by atoms with Crippen molar-refractivity contribution in [1.82, 2.24) is 29.3 Å². The fourth-order valence-electron chi connectivity index (χ4n) is 4.65. The van der Waals surface area contributed by atoms with E-state index in [1.807, 2.05) is 18.2 Å². The Balaban J connectivity index is 1.38. The van der Waals surface area contributed by atoms with Crippen LogP contribution in [0.2, 0.25) is 0 Å². The number of nitrogens with zero attached hydrogens (tertiary/aromatic N) is 5. The molecule has 0 radical (unpaired) electrons. The van der Waals surface area contributed by atoms with Crippen molar-refractivity contribution < 1.29 is 19.1 Å². The molecule has 12 nitrogen and oxygen atoms in total. The van der Waals surface area contributed by atoms with Gasteiger partial charge in [0.15, 0.2) is 11.5 Å². The van der Waals surface area contributed by atoms with Crippen molar-refractivity contribution >= 4 is 34.9 Å². The van der Waals surface area contributed by atoms with Crippen LogP contribution in [0, 0.1) is 11.8 Å². The number of nitrogen functional groups attached to an aromatic ring is 1. The van der Waals surface area contributed by atoms with Gasteiger partial charge < -0.3 is 15.4 Å². The molecule has 4 aromatic rings. The lowest BCUT2D eigenvalue weighted by Crippen LogP contribution is -2.31. The Bertz CT molecular complexity index is 1720. The van der Waals surface area contributed by atoms with Crippen molar-refractivity contribution in [3.05, 3.63) is 82.5 Å². The molecule has 1 unspecified atom stereocenters. The van der Waals surface area contributed by atoms with Crippen LogP contribution in [0.25, 0.3) is 16.9 Å². The highest BCUT2D eigenvalue weighted by atomic mass is 16.5. The van der Waals surface area contributed by atoms with Crippen LogP contribution in [-0.4, -0.2) is 55.0 Å². The molecule has 2 aromatic carbocycles. The van der Waals surface area contributed by atoms with Gasteiger partial charge in [0.25, 0.3) is 11.8 Å². The van der Waals surface area contributed by atoms with Crippen LogP contribution < -0.4 is 16.7 Å². The summed E-state index contributed by atoms with van der Waals surface area (Å²) in [6.45, 7) is 2.37. The summed E-state index contributed by atoms with van der Waals surface area (Å²) in [5, 5.41) is 2.18. The molecule has 3 amide bonds. The van der Waals surface area contributed by atoms with Gasteiger partial charge in [-0.1, -0.05) is 36.3 Å². The van der Waals surface area contributed by atoms with Gasteiger partial charge in [-0.3, -0.25) is 24.0 Å². The summed E-state index contributed by atoms with van der Waals surface area (Å²) in [5.74, 6) is 4.28. The van der Waals surface area contributed by atoms with Crippen LogP contribution >= 0.6 is 0 Å². The fraction of sp³-hybridized carbons (Fsp3) is 0.214. The minimum absolute atomic E-state index is 0.0221. The molecule has 1 atom stereocenters. The zero-order valence-electron chi connectivity index (χ0n) is 21.5. The Kier molecular flexibility index (Phi) is 7.28. The summed E-state index contributed by atoms with van der Waals surface area (Å²) in [5.41, 5.74) is 7.79. The first-order valence-corrected chi connectivity index (χ1v) is 12.4. The number of amides is 3. The van der Waals surface area contributed by atoms with E-state index < -0.39 is 17.7 Å². The van der Waals surface area contributed by atoms with Crippen molar-refractivity contribution in [3.8, 4) is 17.5 Å². The summed E-state index contributed by atoms with van der Waals surface area (Å²) < 4.78 is 7.99. The minimum Gasteiger partial charge on any atom is -0.444 e. The Labute approximate surface area is 228 Å². The van der Waals surface area contributed by atoms with Crippen LogP contribution in [0.3, 0.4) is 0 Å². The standard InChI is InChI=1S/C28H25N7O5/c1-2-6-22(36)33-14-13-21(15-33)35-25-23(24(29)30-17-31-25)34(28(35)39)20-11-9-19(10-12-20)26(37)32-27(38)40-16-18-7-4-3-5-8-18/h3-5,7-12,17,21H,13-16H2,1H3,(H2,29,30,31)(H,32,37,38). The van der Waals surface area contributed by atoms with E-state index in [-0.39, 0.29) is 29.9 Å². The minimum atomic E-state index is -0.879. The van der Waals surface area contributed by atoms with Gasteiger partial charge in [-0.15, -0.1) is 0 Å². The first kappa shape index (κ1) is 26.2. The van der Waals surface area contributed by atoms with Crippen molar-refractivity contribution in [2.24, 2.45) is 0 Å². The van der Waals surface area contributed by atoms with Gasteiger partial charge in [0.1, 0.15) is 18.5 Å². The molecule has 1 aliphatic rings. The molecule has 5 rings (SSSR count). The highest BCUT2D eigenvalue weighted by Gasteiger charge is 2.31. The summed E-state index contributed by atoms with van der Waals surface area (Å²) >= 11 is 0. The Morgan fingerprint density at radius 3 is 2.58 bits per heavy atom. The maximum atomic E-state index is 13.7.